The molecule has 0 bridgehead atoms. The lowest BCUT2D eigenvalue weighted by molar-refractivity contribution is -0.115. The molecule has 1 heterocycles. The predicted octanol–water partition coefficient (Wildman–Crippen LogP) is 6.50. The lowest BCUT2D eigenvalue weighted by Gasteiger charge is -2.12. The Hall–Kier alpha value is -3.62. The summed E-state index contributed by atoms with van der Waals surface area (Å²) >= 11 is 2.79. The van der Waals surface area contributed by atoms with Gasteiger partial charge in [0.15, 0.2) is 5.13 Å². The molecule has 3 aromatic carbocycles. The van der Waals surface area contributed by atoms with Gasteiger partial charge in [-0.3, -0.25) is 9.59 Å². The van der Waals surface area contributed by atoms with Gasteiger partial charge < -0.3 is 15.4 Å². The van der Waals surface area contributed by atoms with Crippen molar-refractivity contribution in [3.05, 3.63) is 89.3 Å². The van der Waals surface area contributed by atoms with Crippen LogP contribution in [-0.2, 0) is 4.79 Å². The molecule has 0 saturated carbocycles. The summed E-state index contributed by atoms with van der Waals surface area (Å²) < 4.78 is 5.27. The maximum atomic E-state index is 12.8. The Bertz CT molecular complexity index is 1340. The number of ether oxygens (including phenoxy) is 1. The number of nitrogens with zero attached hydrogens (tertiary/aromatic N) is 1. The van der Waals surface area contributed by atoms with E-state index in [0.29, 0.717) is 16.4 Å². The summed E-state index contributed by atoms with van der Waals surface area (Å²) in [6.45, 7) is 3.82. The Kier molecular flexibility index (Phi) is 7.84. The van der Waals surface area contributed by atoms with Crippen molar-refractivity contribution in [1.29, 1.82) is 0 Å². The summed E-state index contributed by atoms with van der Waals surface area (Å²) in [5.74, 6) is 0.438. The van der Waals surface area contributed by atoms with Crippen molar-refractivity contribution >= 4 is 45.7 Å². The number of methoxy groups -OCH3 is 1. The van der Waals surface area contributed by atoms with Crippen molar-refractivity contribution in [3.8, 4) is 17.0 Å². The van der Waals surface area contributed by atoms with E-state index in [9.17, 15) is 9.59 Å². The molecule has 35 heavy (non-hydrogen) atoms. The van der Waals surface area contributed by atoms with Gasteiger partial charge >= 0.3 is 0 Å². The van der Waals surface area contributed by atoms with Crippen molar-refractivity contribution < 1.29 is 14.3 Å². The fourth-order valence-corrected chi connectivity index (χ4v) is 4.92. The molecule has 0 aliphatic heterocycles. The lowest BCUT2D eigenvalue weighted by Crippen LogP contribution is -2.22. The van der Waals surface area contributed by atoms with Crippen molar-refractivity contribution in [2.24, 2.45) is 0 Å². The molecule has 8 heteroatoms. The zero-order valence-electron chi connectivity index (χ0n) is 19.6. The monoisotopic (exact) mass is 503 g/mol. The average Bonchev–Trinajstić information content (AvgIpc) is 3.33. The highest BCUT2D eigenvalue weighted by molar-refractivity contribution is 8.00. The highest BCUT2D eigenvalue weighted by Gasteiger charge is 2.17. The quantitative estimate of drug-likeness (QED) is 0.268. The van der Waals surface area contributed by atoms with Crippen LogP contribution in [-0.4, -0.2) is 29.2 Å². The van der Waals surface area contributed by atoms with Crippen LogP contribution in [0.4, 0.5) is 10.8 Å². The van der Waals surface area contributed by atoms with Crippen LogP contribution >= 0.6 is 23.1 Å². The van der Waals surface area contributed by atoms with Gasteiger partial charge in [-0.15, -0.1) is 23.1 Å². The fraction of sp³-hybridized carbons (Fsp3) is 0.148. The van der Waals surface area contributed by atoms with Gasteiger partial charge in [0.05, 0.1) is 18.1 Å². The molecule has 0 radical (unpaired) electrons. The summed E-state index contributed by atoms with van der Waals surface area (Å²) in [6, 6.07) is 22.5. The fourth-order valence-electron chi connectivity index (χ4n) is 3.27. The van der Waals surface area contributed by atoms with E-state index in [4.69, 9.17) is 4.74 Å². The molecule has 1 aromatic heterocycles. The normalized spacial score (nSPS) is 11.5. The first kappa shape index (κ1) is 24.5. The summed E-state index contributed by atoms with van der Waals surface area (Å²) in [5.41, 5.74) is 4.07. The van der Waals surface area contributed by atoms with E-state index in [1.54, 1.807) is 19.2 Å². The lowest BCUT2D eigenvalue weighted by atomic mass is 10.1. The predicted molar refractivity (Wildman–Crippen MR) is 144 cm³/mol. The number of anilines is 2. The van der Waals surface area contributed by atoms with Gasteiger partial charge in [-0.1, -0.05) is 35.9 Å². The number of aromatic nitrogens is 1. The molecule has 1 atom stereocenters. The number of nitrogens with one attached hydrogen (secondary N) is 2. The minimum atomic E-state index is -0.359. The van der Waals surface area contributed by atoms with Crippen molar-refractivity contribution in [2.45, 2.75) is 24.0 Å². The van der Waals surface area contributed by atoms with Gasteiger partial charge in [-0.25, -0.2) is 4.98 Å². The number of benzene rings is 3. The minimum Gasteiger partial charge on any atom is -0.497 e. The molecular weight excluding hydrogens is 478 g/mol. The number of thiazole rings is 1. The largest absolute Gasteiger partial charge is 0.497 e. The number of thioether (sulfide) groups is 1. The third-order valence-corrected chi connectivity index (χ3v) is 7.04. The highest BCUT2D eigenvalue weighted by atomic mass is 32.2. The summed E-state index contributed by atoms with van der Waals surface area (Å²) in [4.78, 5) is 30.7. The molecule has 2 N–H and O–H groups in total. The SMILES string of the molecule is COc1cccc(-c2csc(NC(=O)C(C)Sc3cccc(NC(=O)c4ccc(C)cc4)c3)n2)c1. The first-order valence-corrected chi connectivity index (χ1v) is 12.7. The minimum absolute atomic E-state index is 0.143. The molecule has 6 nitrogen and oxygen atoms in total. The summed E-state index contributed by atoms with van der Waals surface area (Å²) in [7, 11) is 1.62. The zero-order chi connectivity index (χ0) is 24.8. The smallest absolute Gasteiger partial charge is 0.255 e. The number of carbonyl (C=O) groups excluding carboxylic acids is 2. The van der Waals surface area contributed by atoms with Crippen LogP contribution in [0.3, 0.4) is 0 Å². The first-order chi connectivity index (χ1) is 16.9. The number of hydrogen-bond acceptors (Lipinski definition) is 6. The van der Waals surface area contributed by atoms with Gasteiger partial charge in [0.1, 0.15) is 5.75 Å². The molecule has 0 aliphatic rings. The van der Waals surface area contributed by atoms with Crippen LogP contribution in [0, 0.1) is 6.92 Å². The van der Waals surface area contributed by atoms with Crippen LogP contribution < -0.4 is 15.4 Å². The summed E-state index contributed by atoms with van der Waals surface area (Å²) in [6.07, 6.45) is 0. The van der Waals surface area contributed by atoms with E-state index >= 15 is 0 Å². The second kappa shape index (κ2) is 11.2. The van der Waals surface area contributed by atoms with E-state index in [2.05, 4.69) is 15.6 Å². The molecule has 4 aromatic rings. The number of hydrogen-bond donors (Lipinski definition) is 2. The second-order valence-electron chi connectivity index (χ2n) is 7.87. The number of carbonyl (C=O) groups is 2. The third kappa shape index (κ3) is 6.49. The Balaban J connectivity index is 1.36. The van der Waals surface area contributed by atoms with E-state index < -0.39 is 0 Å². The van der Waals surface area contributed by atoms with Gasteiger partial charge in [0.25, 0.3) is 5.91 Å². The Morgan fingerprint density at radius 2 is 1.77 bits per heavy atom. The standard InChI is InChI=1S/C27H25N3O3S2/c1-17-10-12-19(13-11-17)26(32)28-21-7-5-9-23(15-21)35-18(2)25(31)30-27-29-24(16-34-27)20-6-4-8-22(14-20)33-3/h4-16,18H,1-3H3,(H,28,32)(H,29,30,31). The van der Waals surface area contributed by atoms with E-state index in [1.807, 2.05) is 79.9 Å². The molecule has 0 aliphatic carbocycles. The zero-order valence-corrected chi connectivity index (χ0v) is 21.2. The van der Waals surface area contributed by atoms with Crippen molar-refractivity contribution in [3.63, 3.8) is 0 Å². The van der Waals surface area contributed by atoms with E-state index in [1.165, 1.54) is 23.1 Å². The third-order valence-electron chi connectivity index (χ3n) is 5.19. The van der Waals surface area contributed by atoms with Crippen LogP contribution in [0.15, 0.2) is 83.1 Å². The van der Waals surface area contributed by atoms with Crippen molar-refractivity contribution in [1.82, 2.24) is 4.98 Å². The van der Waals surface area contributed by atoms with Crippen LogP contribution in [0.5, 0.6) is 5.75 Å². The Morgan fingerprint density at radius 3 is 2.54 bits per heavy atom. The average molecular weight is 504 g/mol. The number of rotatable bonds is 8. The van der Waals surface area contributed by atoms with Crippen LogP contribution in [0.1, 0.15) is 22.8 Å². The maximum absolute atomic E-state index is 12.8. The molecule has 0 saturated heterocycles. The Labute approximate surface area is 212 Å². The van der Waals surface area contributed by atoms with Crippen LogP contribution in [0.25, 0.3) is 11.3 Å². The summed E-state index contributed by atoms with van der Waals surface area (Å²) in [5, 5.41) is 7.90. The van der Waals surface area contributed by atoms with Gasteiger partial charge in [-0.2, -0.15) is 0 Å². The van der Waals surface area contributed by atoms with Crippen LogP contribution in [0.2, 0.25) is 0 Å². The van der Waals surface area contributed by atoms with Crippen molar-refractivity contribution in [2.75, 3.05) is 17.7 Å². The molecule has 178 valence electrons. The van der Waals surface area contributed by atoms with E-state index in [0.717, 1.165) is 27.5 Å². The Morgan fingerprint density at radius 1 is 1.00 bits per heavy atom. The molecule has 0 fully saturated rings. The molecule has 4 rings (SSSR count). The molecule has 0 spiro atoms. The number of amides is 2. The maximum Gasteiger partial charge on any atom is 0.255 e. The molecular formula is C27H25N3O3S2. The first-order valence-electron chi connectivity index (χ1n) is 11.0. The van der Waals surface area contributed by atoms with Gasteiger partial charge in [0, 0.05) is 27.1 Å². The van der Waals surface area contributed by atoms with Gasteiger partial charge in [0.2, 0.25) is 5.91 Å². The highest BCUT2D eigenvalue weighted by Crippen LogP contribution is 2.30. The van der Waals surface area contributed by atoms with E-state index in [-0.39, 0.29) is 17.1 Å². The van der Waals surface area contributed by atoms with Gasteiger partial charge in [-0.05, 0) is 56.3 Å². The molecule has 1 unspecified atom stereocenters. The topological polar surface area (TPSA) is 80.3 Å². The second-order valence-corrected chi connectivity index (χ2v) is 10.1. The number of aryl methyl sites for hydroxylation is 1. The molecule has 2 amide bonds.